The summed E-state index contributed by atoms with van der Waals surface area (Å²) in [5, 5.41) is 7.97. The fourth-order valence-corrected chi connectivity index (χ4v) is 3.12. The first-order valence-corrected chi connectivity index (χ1v) is 8.47. The zero-order chi connectivity index (χ0) is 18.8. The van der Waals surface area contributed by atoms with Gasteiger partial charge in [0, 0.05) is 46.2 Å². The zero-order valence-electron chi connectivity index (χ0n) is 14.5. The van der Waals surface area contributed by atoms with E-state index in [1.807, 2.05) is 19.9 Å². The van der Waals surface area contributed by atoms with E-state index in [9.17, 15) is 4.79 Å². The Morgan fingerprint density at radius 1 is 1.27 bits per heavy atom. The molecular weight excluding hydrogens is 350 g/mol. The number of rotatable bonds is 4. The van der Waals surface area contributed by atoms with Crippen molar-refractivity contribution in [3.05, 3.63) is 63.3 Å². The smallest absolute Gasteiger partial charge is 0.260 e. The Hall–Kier alpha value is -2.99. The molecule has 0 aliphatic heterocycles. The van der Waals surface area contributed by atoms with E-state index in [4.69, 9.17) is 22.7 Å². The third kappa shape index (κ3) is 3.11. The molecule has 0 aliphatic carbocycles. The molecule has 3 aromatic rings. The van der Waals surface area contributed by atoms with Crippen LogP contribution in [0.5, 0.6) is 0 Å². The molecule has 3 N–H and O–H groups in total. The lowest BCUT2D eigenvalue weighted by atomic mass is 10.0. The number of hydrogen-bond acceptors (Lipinski definition) is 5. The van der Waals surface area contributed by atoms with E-state index < -0.39 is 0 Å². The Labute approximate surface area is 155 Å². The second kappa shape index (κ2) is 7.09. The van der Waals surface area contributed by atoms with Crippen molar-refractivity contribution in [3.63, 3.8) is 0 Å². The average molecular weight is 368 g/mol. The molecule has 0 atom stereocenters. The van der Waals surface area contributed by atoms with Crippen molar-refractivity contribution in [3.8, 4) is 22.4 Å². The van der Waals surface area contributed by atoms with E-state index in [-0.39, 0.29) is 11.4 Å². The van der Waals surface area contributed by atoms with Gasteiger partial charge in [-0.25, -0.2) is 9.97 Å². The predicted octanol–water partition coefficient (Wildman–Crippen LogP) is 3.53. The largest absolute Gasteiger partial charge is 0.384 e. The van der Waals surface area contributed by atoms with Gasteiger partial charge in [0.15, 0.2) is 0 Å². The van der Waals surface area contributed by atoms with Crippen LogP contribution in [0.4, 0.5) is 5.82 Å². The summed E-state index contributed by atoms with van der Waals surface area (Å²) < 4.78 is 1.44. The first-order valence-electron chi connectivity index (χ1n) is 8.10. The molecule has 0 saturated carbocycles. The molecule has 2 aromatic heterocycles. The first-order chi connectivity index (χ1) is 12.5. The molecule has 0 spiro atoms. The molecule has 0 bridgehead atoms. The molecule has 0 unspecified atom stereocenters. The highest BCUT2D eigenvalue weighted by molar-refractivity contribution is 6.33. The lowest BCUT2D eigenvalue weighted by Crippen LogP contribution is -2.25. The van der Waals surface area contributed by atoms with Crippen molar-refractivity contribution in [2.75, 3.05) is 5.73 Å². The fourth-order valence-electron chi connectivity index (χ4n) is 2.83. The SMILES string of the molecule is CCn1c(N)c(C=N)cc(-c2ccc(-c3ccnc(C)n3)cc2Cl)c1=O. The summed E-state index contributed by atoms with van der Waals surface area (Å²) in [5.41, 5.74) is 8.82. The minimum absolute atomic E-state index is 0.233. The third-order valence-electron chi connectivity index (χ3n) is 4.16. The van der Waals surface area contributed by atoms with Gasteiger partial charge in [-0.15, -0.1) is 0 Å². The Bertz CT molecular complexity index is 1060. The third-order valence-corrected chi connectivity index (χ3v) is 4.48. The number of aryl methyl sites for hydroxylation is 1. The molecule has 7 heteroatoms. The van der Waals surface area contributed by atoms with Gasteiger partial charge in [0.05, 0.1) is 5.69 Å². The van der Waals surface area contributed by atoms with Crippen LogP contribution in [-0.4, -0.2) is 20.7 Å². The normalized spacial score (nSPS) is 10.7. The number of pyridine rings is 1. The van der Waals surface area contributed by atoms with Crippen molar-refractivity contribution < 1.29 is 0 Å². The number of anilines is 1. The topological polar surface area (TPSA) is 97.7 Å². The molecule has 0 amide bonds. The molecular formula is C19H18ClN5O. The molecule has 3 rings (SSSR count). The van der Waals surface area contributed by atoms with Crippen LogP contribution >= 0.6 is 11.6 Å². The summed E-state index contributed by atoms with van der Waals surface area (Å²) in [5.74, 6) is 0.947. The van der Waals surface area contributed by atoms with Gasteiger partial charge < -0.3 is 11.1 Å². The van der Waals surface area contributed by atoms with Gasteiger partial charge in [-0.05, 0) is 32.0 Å². The minimum Gasteiger partial charge on any atom is -0.384 e. The molecule has 0 radical (unpaired) electrons. The maximum Gasteiger partial charge on any atom is 0.260 e. The van der Waals surface area contributed by atoms with Crippen LogP contribution in [0.3, 0.4) is 0 Å². The Morgan fingerprint density at radius 2 is 2.04 bits per heavy atom. The maximum absolute atomic E-state index is 12.8. The number of nitrogens with two attached hydrogens (primary N) is 1. The van der Waals surface area contributed by atoms with Crippen LogP contribution in [-0.2, 0) is 6.54 Å². The number of hydrogen-bond donors (Lipinski definition) is 2. The molecule has 6 nitrogen and oxygen atoms in total. The summed E-state index contributed by atoms with van der Waals surface area (Å²) in [7, 11) is 0. The molecule has 26 heavy (non-hydrogen) atoms. The van der Waals surface area contributed by atoms with E-state index >= 15 is 0 Å². The Morgan fingerprint density at radius 3 is 2.65 bits per heavy atom. The highest BCUT2D eigenvalue weighted by Crippen LogP contribution is 2.31. The quantitative estimate of drug-likeness (QED) is 0.689. The van der Waals surface area contributed by atoms with E-state index in [0.717, 1.165) is 17.5 Å². The van der Waals surface area contributed by atoms with Crippen LogP contribution < -0.4 is 11.3 Å². The van der Waals surface area contributed by atoms with Crippen LogP contribution in [0.2, 0.25) is 5.02 Å². The van der Waals surface area contributed by atoms with E-state index in [1.54, 1.807) is 30.5 Å². The Kier molecular flexibility index (Phi) is 4.86. The van der Waals surface area contributed by atoms with Gasteiger partial charge in [0.25, 0.3) is 5.56 Å². The number of nitrogen functional groups attached to an aromatic ring is 1. The zero-order valence-corrected chi connectivity index (χ0v) is 15.2. The van der Waals surface area contributed by atoms with Gasteiger partial charge >= 0.3 is 0 Å². The van der Waals surface area contributed by atoms with Crippen molar-refractivity contribution >= 4 is 23.6 Å². The molecule has 0 fully saturated rings. The molecule has 0 aliphatic rings. The molecule has 0 saturated heterocycles. The van der Waals surface area contributed by atoms with E-state index in [2.05, 4.69) is 9.97 Å². The van der Waals surface area contributed by atoms with Crippen molar-refractivity contribution in [1.29, 1.82) is 5.41 Å². The number of benzene rings is 1. The van der Waals surface area contributed by atoms with Crippen LogP contribution in [0.25, 0.3) is 22.4 Å². The van der Waals surface area contributed by atoms with Gasteiger partial charge in [-0.1, -0.05) is 23.7 Å². The number of halogens is 1. The number of nitrogens with zero attached hydrogens (tertiary/aromatic N) is 3. The summed E-state index contributed by atoms with van der Waals surface area (Å²) in [4.78, 5) is 21.2. The van der Waals surface area contributed by atoms with E-state index in [1.165, 1.54) is 4.57 Å². The monoisotopic (exact) mass is 367 g/mol. The summed E-state index contributed by atoms with van der Waals surface area (Å²) in [6, 6.07) is 8.83. The van der Waals surface area contributed by atoms with Crippen LogP contribution in [0, 0.1) is 12.3 Å². The maximum atomic E-state index is 12.8. The minimum atomic E-state index is -0.233. The molecule has 2 heterocycles. The first kappa shape index (κ1) is 17.8. The van der Waals surface area contributed by atoms with Crippen molar-refractivity contribution in [2.24, 2.45) is 0 Å². The summed E-state index contributed by atoms with van der Waals surface area (Å²) in [6.07, 6.45) is 2.83. The van der Waals surface area contributed by atoms with Crippen LogP contribution in [0.1, 0.15) is 18.3 Å². The van der Waals surface area contributed by atoms with Crippen LogP contribution in [0.15, 0.2) is 41.3 Å². The highest BCUT2D eigenvalue weighted by Gasteiger charge is 2.15. The summed E-state index contributed by atoms with van der Waals surface area (Å²) >= 11 is 6.48. The van der Waals surface area contributed by atoms with Gasteiger partial charge in [0.2, 0.25) is 0 Å². The Balaban J connectivity index is 2.17. The number of nitrogens with one attached hydrogen (secondary N) is 1. The van der Waals surface area contributed by atoms with E-state index in [0.29, 0.717) is 34.1 Å². The standard InChI is InChI=1S/C19H18ClN5O/c1-3-25-18(22)13(10-21)8-15(19(25)26)14-5-4-12(9-16(14)20)17-6-7-23-11(2)24-17/h4-10,21H,3,22H2,1-2H3. The fraction of sp³-hybridized carbons (Fsp3) is 0.158. The molecule has 132 valence electrons. The average Bonchev–Trinajstić information content (AvgIpc) is 2.63. The van der Waals surface area contributed by atoms with Crippen molar-refractivity contribution in [2.45, 2.75) is 20.4 Å². The predicted molar refractivity (Wildman–Crippen MR) is 105 cm³/mol. The van der Waals surface area contributed by atoms with Gasteiger partial charge in [0.1, 0.15) is 11.6 Å². The summed E-state index contributed by atoms with van der Waals surface area (Å²) in [6.45, 7) is 4.06. The lowest BCUT2D eigenvalue weighted by Gasteiger charge is -2.14. The van der Waals surface area contributed by atoms with Gasteiger partial charge in [-0.2, -0.15) is 0 Å². The van der Waals surface area contributed by atoms with Crippen molar-refractivity contribution in [1.82, 2.24) is 14.5 Å². The number of aromatic nitrogens is 3. The second-order valence-corrected chi connectivity index (χ2v) is 6.18. The lowest BCUT2D eigenvalue weighted by molar-refractivity contribution is 0.740. The second-order valence-electron chi connectivity index (χ2n) is 5.78. The van der Waals surface area contributed by atoms with Gasteiger partial charge in [-0.3, -0.25) is 9.36 Å². The molecule has 1 aromatic carbocycles. The highest BCUT2D eigenvalue weighted by atomic mass is 35.5.